The van der Waals surface area contributed by atoms with E-state index >= 15 is 0 Å². The van der Waals surface area contributed by atoms with E-state index in [9.17, 15) is 29.4 Å². The highest BCUT2D eigenvalue weighted by molar-refractivity contribution is 8.00. The minimum atomic E-state index is -0.956. The molecule has 8 nitrogen and oxygen atoms in total. The molecule has 2 unspecified atom stereocenters. The largest absolute Gasteiger partial charge is 0.390 e. The van der Waals surface area contributed by atoms with E-state index < -0.39 is 17.5 Å². The fourth-order valence-electron chi connectivity index (χ4n) is 4.43. The minimum absolute atomic E-state index is 0.0593. The predicted octanol–water partition coefficient (Wildman–Crippen LogP) is 2.63. The third kappa shape index (κ3) is 6.09. The van der Waals surface area contributed by atoms with Crippen LogP contribution in [0.5, 0.6) is 0 Å². The number of thioether (sulfide) groups is 2. The Kier molecular flexibility index (Phi) is 8.74. The Balaban J connectivity index is 1.36. The number of aliphatic hydroxyl groups excluding tert-OH is 2. The Morgan fingerprint density at radius 2 is 1.27 bits per heavy atom. The third-order valence-corrected chi connectivity index (χ3v) is 8.50. The van der Waals surface area contributed by atoms with Crippen molar-refractivity contribution in [2.24, 2.45) is 5.92 Å². The van der Waals surface area contributed by atoms with Gasteiger partial charge in [0.2, 0.25) is 23.6 Å². The van der Waals surface area contributed by atoms with Crippen molar-refractivity contribution in [3.8, 4) is 0 Å². The summed E-state index contributed by atoms with van der Waals surface area (Å²) in [7, 11) is 0. The lowest BCUT2D eigenvalue weighted by Crippen LogP contribution is -2.33. The smallest absolute Gasteiger partial charge is 0.247 e. The molecule has 2 aliphatic heterocycles. The Bertz CT molecular complexity index is 1170. The Morgan fingerprint density at radius 3 is 1.76 bits per heavy atom. The van der Waals surface area contributed by atoms with Crippen LogP contribution >= 0.6 is 23.5 Å². The number of carbonyl (C=O) groups excluding carboxylic acids is 4. The lowest BCUT2D eigenvalue weighted by molar-refractivity contribution is -0.123. The number of hydrogen-bond acceptors (Lipinski definition) is 8. The van der Waals surface area contributed by atoms with Crippen molar-refractivity contribution in [3.05, 3.63) is 59.7 Å². The van der Waals surface area contributed by atoms with Gasteiger partial charge in [0, 0.05) is 30.3 Å². The van der Waals surface area contributed by atoms with Crippen LogP contribution in [0.4, 0.5) is 11.4 Å². The van der Waals surface area contributed by atoms with Gasteiger partial charge in [-0.05, 0) is 48.1 Å². The molecule has 0 bridgehead atoms. The highest BCUT2D eigenvalue weighted by Gasteiger charge is 2.40. The van der Waals surface area contributed by atoms with Gasteiger partial charge in [-0.15, -0.1) is 11.8 Å². The molecule has 37 heavy (non-hydrogen) atoms. The van der Waals surface area contributed by atoms with E-state index in [0.29, 0.717) is 23.5 Å². The van der Waals surface area contributed by atoms with Crippen molar-refractivity contribution in [1.82, 2.24) is 0 Å². The fraction of sp³-hybridized carbons (Fsp3) is 0.407. The van der Waals surface area contributed by atoms with Gasteiger partial charge in [0.05, 0.1) is 28.8 Å². The maximum Gasteiger partial charge on any atom is 0.247 e. The number of carbonyl (C=O) groups is 4. The van der Waals surface area contributed by atoms with Crippen molar-refractivity contribution >= 4 is 58.5 Å². The topological polar surface area (TPSA) is 115 Å². The molecule has 2 saturated heterocycles. The molecule has 0 aromatic heterocycles. The number of anilines is 2. The maximum absolute atomic E-state index is 12.9. The molecule has 0 radical (unpaired) electrons. The number of nitrogens with zero attached hydrogens (tertiary/aromatic N) is 2. The molecule has 10 heteroatoms. The molecule has 4 atom stereocenters. The fourth-order valence-corrected chi connectivity index (χ4v) is 6.15. The van der Waals surface area contributed by atoms with Crippen LogP contribution in [0.2, 0.25) is 0 Å². The first-order valence-corrected chi connectivity index (χ1v) is 14.5. The molecule has 2 fully saturated rings. The van der Waals surface area contributed by atoms with Crippen molar-refractivity contribution < 1.29 is 29.4 Å². The molecule has 4 amide bonds. The van der Waals surface area contributed by atoms with Gasteiger partial charge >= 0.3 is 0 Å². The second-order valence-corrected chi connectivity index (χ2v) is 11.5. The molecular formula is C27H30N2O6S2. The molecular weight excluding hydrogens is 512 g/mol. The number of benzene rings is 2. The van der Waals surface area contributed by atoms with Crippen LogP contribution in [0.15, 0.2) is 48.5 Å². The Hall–Kier alpha value is -2.66. The quantitative estimate of drug-likeness (QED) is 0.441. The Labute approximate surface area is 224 Å². The molecule has 2 aliphatic rings. The van der Waals surface area contributed by atoms with Gasteiger partial charge in [0.15, 0.2) is 0 Å². The monoisotopic (exact) mass is 542 g/mol. The zero-order valence-electron chi connectivity index (χ0n) is 20.7. The first-order valence-electron chi connectivity index (χ1n) is 12.1. The van der Waals surface area contributed by atoms with Crippen molar-refractivity contribution in [2.45, 2.75) is 43.6 Å². The van der Waals surface area contributed by atoms with Crippen LogP contribution in [0.1, 0.15) is 30.9 Å². The van der Waals surface area contributed by atoms with Crippen molar-refractivity contribution in [3.63, 3.8) is 0 Å². The highest BCUT2D eigenvalue weighted by atomic mass is 32.2. The summed E-state index contributed by atoms with van der Waals surface area (Å²) in [6.45, 7) is 1.75. The normalized spacial score (nSPS) is 21.7. The van der Waals surface area contributed by atoms with E-state index in [2.05, 4.69) is 0 Å². The zero-order valence-corrected chi connectivity index (χ0v) is 22.3. The average molecular weight is 543 g/mol. The number of amides is 4. The first kappa shape index (κ1) is 27.4. The van der Waals surface area contributed by atoms with E-state index in [0.717, 1.165) is 11.1 Å². The van der Waals surface area contributed by atoms with E-state index in [1.54, 1.807) is 31.2 Å². The molecule has 0 aliphatic carbocycles. The van der Waals surface area contributed by atoms with Crippen LogP contribution in [-0.4, -0.2) is 69.1 Å². The van der Waals surface area contributed by atoms with Crippen molar-refractivity contribution in [1.29, 1.82) is 0 Å². The highest BCUT2D eigenvalue weighted by Crippen LogP contribution is 2.31. The molecule has 0 spiro atoms. The van der Waals surface area contributed by atoms with E-state index in [1.165, 1.54) is 33.3 Å². The van der Waals surface area contributed by atoms with Crippen LogP contribution < -0.4 is 9.80 Å². The number of hydrogen-bond donors (Lipinski definition) is 2. The van der Waals surface area contributed by atoms with E-state index in [-0.39, 0.29) is 48.1 Å². The summed E-state index contributed by atoms with van der Waals surface area (Å²) in [6, 6.07) is 14.5. The summed E-state index contributed by atoms with van der Waals surface area (Å²) in [5, 5.41) is 19.4. The summed E-state index contributed by atoms with van der Waals surface area (Å²) in [5.41, 5.74) is 3.05. The number of rotatable bonds is 10. The van der Waals surface area contributed by atoms with Crippen LogP contribution in [0.3, 0.4) is 0 Å². The van der Waals surface area contributed by atoms with Crippen LogP contribution in [-0.2, 0) is 25.6 Å². The van der Waals surface area contributed by atoms with Gasteiger partial charge in [0.1, 0.15) is 0 Å². The second kappa shape index (κ2) is 11.8. The van der Waals surface area contributed by atoms with Crippen LogP contribution in [0.25, 0.3) is 0 Å². The van der Waals surface area contributed by atoms with E-state index in [4.69, 9.17) is 0 Å². The van der Waals surface area contributed by atoms with Crippen LogP contribution in [0, 0.1) is 5.92 Å². The van der Waals surface area contributed by atoms with Gasteiger partial charge in [0.25, 0.3) is 0 Å². The van der Waals surface area contributed by atoms with Crippen molar-refractivity contribution in [2.75, 3.05) is 27.6 Å². The molecule has 196 valence electrons. The molecule has 0 saturated carbocycles. The zero-order chi connectivity index (χ0) is 26.7. The van der Waals surface area contributed by atoms with Gasteiger partial charge in [-0.1, -0.05) is 31.2 Å². The second-order valence-electron chi connectivity index (χ2n) is 9.37. The summed E-state index contributed by atoms with van der Waals surface area (Å²) in [5.74, 6) is -0.676. The molecule has 2 heterocycles. The standard InChI is InChI=1S/C27H30N2O6S2/c1-16-11-24(32)28(26(16)34)19-7-3-17(4-8-19)12-18-5-9-20(10-6-18)29-25(33)13-23(27(29)35)37-15-22(31)21(30)14-36-2/h3-10,16,21-23,30-31H,11-15H2,1-2H3/t16?,21-,22+,23?/m0/s1. The predicted molar refractivity (Wildman–Crippen MR) is 146 cm³/mol. The van der Waals surface area contributed by atoms with Gasteiger partial charge in [-0.2, -0.15) is 11.8 Å². The minimum Gasteiger partial charge on any atom is -0.390 e. The lowest BCUT2D eigenvalue weighted by atomic mass is 10.0. The lowest BCUT2D eigenvalue weighted by Gasteiger charge is -2.18. The van der Waals surface area contributed by atoms with Gasteiger partial charge in [-0.25, -0.2) is 4.90 Å². The molecule has 2 aromatic rings. The SMILES string of the molecule is CSC[C@H](O)[C@H](O)CSC1CC(=O)N(c2ccc(Cc3ccc(N4C(=O)CC(C)C4=O)cc3)cc2)C1=O. The number of aliphatic hydroxyl groups is 2. The first-order chi connectivity index (χ1) is 17.7. The summed E-state index contributed by atoms with van der Waals surface area (Å²) in [6.07, 6.45) is 0.909. The average Bonchev–Trinajstić information content (AvgIpc) is 3.31. The third-order valence-electron chi connectivity index (χ3n) is 6.52. The van der Waals surface area contributed by atoms with Gasteiger partial charge in [-0.3, -0.25) is 24.1 Å². The summed E-state index contributed by atoms with van der Waals surface area (Å²) < 4.78 is 0. The molecule has 4 rings (SSSR count). The molecule has 2 aromatic carbocycles. The number of imide groups is 2. The summed E-state index contributed by atoms with van der Waals surface area (Å²) in [4.78, 5) is 52.3. The van der Waals surface area contributed by atoms with Gasteiger partial charge < -0.3 is 10.2 Å². The van der Waals surface area contributed by atoms with E-state index in [1.807, 2.05) is 30.5 Å². The Morgan fingerprint density at radius 1 is 0.784 bits per heavy atom. The summed E-state index contributed by atoms with van der Waals surface area (Å²) >= 11 is 2.62. The maximum atomic E-state index is 12.9. The molecule has 2 N–H and O–H groups in total.